The van der Waals surface area contributed by atoms with Crippen LogP contribution in [-0.4, -0.2) is 151 Å². The van der Waals surface area contributed by atoms with Crippen LogP contribution in [-0.2, 0) is 54.6 Å². The molecule has 0 radical (unpaired) electrons. The first-order valence-corrected chi connectivity index (χ1v) is 29.4. The third kappa shape index (κ3) is 16.2. The molecule has 10 aromatic rings. The Kier molecular flexibility index (Phi) is 24.1. The second-order valence-corrected chi connectivity index (χ2v) is 21.8. The molecule has 2 aliphatic heterocycles. The smallest absolute Gasteiger partial charge is 0.325 e. The fourth-order valence-electron chi connectivity index (χ4n) is 9.71. The highest BCUT2D eigenvalue weighted by molar-refractivity contribution is 9.10. The zero-order chi connectivity index (χ0) is 62.5. The summed E-state index contributed by atoms with van der Waals surface area (Å²) in [5.41, 5.74) is 9.45. The zero-order valence-corrected chi connectivity index (χ0v) is 54.6. The number of rotatable bonds is 12. The second-order valence-electron chi connectivity index (χ2n) is 20.3. The molecule has 10 heterocycles. The van der Waals surface area contributed by atoms with Crippen molar-refractivity contribution in [1.82, 2.24) is 78.9 Å². The standard InChI is InChI=1S/C28H25BrFN9O3.C18H15N5O3.C10H12BrFN4O.CH4.ClH.S2.H2S/c1-14-6-24-32-9-18(11-39(24)35-14)17-4-5-21-20(7-17)26(16(3)40)36-38(21)13-25(41)37-12-19(30)8-22(37)28(42)34-23-10-31-15(2)27(29)33-23;1-10-5-16-19-7-13(8-23(16)20-10)12-3-4-15-14(6-12)18(11(2)24)21-22(15)9-17(25)26;1-5-9(11)15-8(4-13-5)16-10(17)7-2-6(12)3-14-7;;;1-2;/h4-7,9-11,19,22H,8,12-13H2,1-3H3,(H,33,34,42);3-8H,9H2,1-2H3,(H,25,26);4,6-7,14H,2-3H2,1H3,(H,15,16,17);1H4;1H;;1H2/t19-,22+;;6-,7+;;;;/m1.1..../s1. The van der Waals surface area contributed by atoms with Gasteiger partial charge in [0, 0.05) is 114 Å². The molecule has 0 bridgehead atoms. The summed E-state index contributed by atoms with van der Waals surface area (Å²) in [4.78, 5) is 100. The molecular formula is C57H59Br2ClF2N18O7S3. The number of aromatic nitrogens is 14. The van der Waals surface area contributed by atoms with Crippen molar-refractivity contribution in [2.45, 2.75) is 99.3 Å². The lowest BCUT2D eigenvalue weighted by Gasteiger charge is -2.23. The van der Waals surface area contributed by atoms with E-state index in [4.69, 9.17) is 5.11 Å². The molecule has 2 aromatic carbocycles. The molecule has 33 heteroatoms. The maximum absolute atomic E-state index is 14.5. The van der Waals surface area contributed by atoms with Gasteiger partial charge in [0.2, 0.25) is 17.7 Å². The van der Waals surface area contributed by atoms with E-state index in [1.54, 1.807) is 47.4 Å². The number of anilines is 2. The van der Waals surface area contributed by atoms with Gasteiger partial charge in [0.1, 0.15) is 52.1 Å². The number of fused-ring (bicyclic) bond motifs is 4. The van der Waals surface area contributed by atoms with Crippen LogP contribution in [0.25, 0.3) is 55.4 Å². The van der Waals surface area contributed by atoms with Crippen LogP contribution in [0.5, 0.6) is 0 Å². The minimum absolute atomic E-state index is 0. The van der Waals surface area contributed by atoms with Gasteiger partial charge in [-0.15, -0.1) is 12.4 Å². The fraction of sp³-hybridized carbons (Fsp3) is 0.298. The summed E-state index contributed by atoms with van der Waals surface area (Å²) in [6.45, 7) is 9.57. The van der Waals surface area contributed by atoms with Crippen LogP contribution in [0.3, 0.4) is 0 Å². The molecule has 4 N–H and O–H groups in total. The first kappa shape index (κ1) is 70.9. The Hall–Kier alpha value is -8.14. The highest BCUT2D eigenvalue weighted by Crippen LogP contribution is 2.30. The van der Waals surface area contributed by atoms with E-state index < -0.39 is 42.2 Å². The van der Waals surface area contributed by atoms with Crippen LogP contribution < -0.4 is 16.0 Å². The number of hydrogen-bond acceptors (Lipinski definition) is 19. The molecule has 0 spiro atoms. The van der Waals surface area contributed by atoms with E-state index in [-0.39, 0.29) is 107 Å². The van der Waals surface area contributed by atoms with Crippen LogP contribution in [0, 0.1) is 27.7 Å². The van der Waals surface area contributed by atoms with Crippen molar-refractivity contribution in [3.8, 4) is 22.3 Å². The van der Waals surface area contributed by atoms with Gasteiger partial charge >= 0.3 is 5.97 Å². The lowest BCUT2D eigenvalue weighted by molar-refractivity contribution is -0.138. The van der Waals surface area contributed by atoms with Gasteiger partial charge < -0.3 is 26.0 Å². The van der Waals surface area contributed by atoms with Gasteiger partial charge in [-0.2, -0.15) is 33.9 Å². The van der Waals surface area contributed by atoms with Gasteiger partial charge in [0.25, 0.3) is 0 Å². The molecule has 2 saturated heterocycles. The lowest BCUT2D eigenvalue weighted by atomic mass is 10.0. The number of amides is 3. The molecule has 472 valence electrons. The first-order valence-electron chi connectivity index (χ1n) is 26.5. The number of aryl methyl sites for hydroxylation is 4. The van der Waals surface area contributed by atoms with Crippen molar-refractivity contribution >= 4 is 160 Å². The number of benzene rings is 2. The van der Waals surface area contributed by atoms with E-state index in [1.807, 2.05) is 62.6 Å². The van der Waals surface area contributed by atoms with Crippen molar-refractivity contribution in [3.05, 3.63) is 129 Å². The summed E-state index contributed by atoms with van der Waals surface area (Å²) in [7, 11) is 0. The Morgan fingerprint density at radius 3 is 1.54 bits per heavy atom. The monoisotopic (exact) mass is 1430 g/mol. The van der Waals surface area contributed by atoms with E-state index in [0.717, 1.165) is 50.6 Å². The number of aliphatic carboxylic acids is 1. The largest absolute Gasteiger partial charge is 0.480 e. The summed E-state index contributed by atoms with van der Waals surface area (Å²) in [5, 5.41) is 35.6. The number of alkyl halides is 2. The van der Waals surface area contributed by atoms with Gasteiger partial charge in [0.15, 0.2) is 34.5 Å². The molecule has 25 nitrogen and oxygen atoms in total. The van der Waals surface area contributed by atoms with Gasteiger partial charge in [-0.1, -0.05) is 19.6 Å². The van der Waals surface area contributed by atoms with Crippen LogP contribution in [0.4, 0.5) is 20.4 Å². The minimum atomic E-state index is -1.37. The van der Waals surface area contributed by atoms with Crippen molar-refractivity contribution in [2.75, 3.05) is 23.7 Å². The number of Topliss-reactive ketones (excluding diaryl/α,β-unsaturated/α-hetero) is 2. The number of carbonyl (C=O) groups excluding carboxylic acids is 5. The lowest BCUT2D eigenvalue weighted by Crippen LogP contribution is -2.44. The number of ketones is 2. The fourth-order valence-corrected chi connectivity index (χ4v) is 10.3. The molecule has 4 atom stereocenters. The summed E-state index contributed by atoms with van der Waals surface area (Å²) in [6.07, 6.45) is 7.79. The molecule has 0 aliphatic carbocycles. The normalized spacial score (nSPS) is 15.6. The summed E-state index contributed by atoms with van der Waals surface area (Å²) in [5.74, 6) is -2.31. The molecule has 12 rings (SSSR count). The Balaban J connectivity index is 0.000000229. The van der Waals surface area contributed by atoms with E-state index in [1.165, 1.54) is 40.5 Å². The third-order valence-electron chi connectivity index (χ3n) is 13.8. The molecule has 0 unspecified atom stereocenters. The second kappa shape index (κ2) is 30.6. The van der Waals surface area contributed by atoms with E-state index in [2.05, 4.69) is 120 Å². The predicted octanol–water partition coefficient (Wildman–Crippen LogP) is 8.39. The molecule has 90 heavy (non-hydrogen) atoms. The average Bonchev–Trinajstić information content (AvgIpc) is 1.63. The van der Waals surface area contributed by atoms with Crippen LogP contribution in [0.1, 0.15) is 77.9 Å². The predicted molar refractivity (Wildman–Crippen MR) is 352 cm³/mol. The topological polar surface area (TPSA) is 310 Å². The Morgan fingerprint density at radius 1 is 0.644 bits per heavy atom. The maximum atomic E-state index is 14.5. The molecule has 3 amide bonds. The highest BCUT2D eigenvalue weighted by Gasteiger charge is 2.40. The molecule has 2 aliphatic rings. The molecule has 0 saturated carbocycles. The highest BCUT2D eigenvalue weighted by atomic mass is 79.9. The van der Waals surface area contributed by atoms with E-state index >= 15 is 0 Å². The quantitative estimate of drug-likeness (QED) is 0.0834. The summed E-state index contributed by atoms with van der Waals surface area (Å²) < 4.78 is 34.6. The molecule has 2 fully saturated rings. The average molecular weight is 1440 g/mol. The number of halogens is 5. The SMILES string of the molecule is C.CC(=O)c1nn(CC(=O)N2C[C@H](F)C[C@H]2C(=O)Nc2cnc(C)c(Br)n2)c2ccc(-c3cnc4cc(C)nn4c3)cc12.CC(=O)c1nn(CC(=O)O)c2ccc(-c3cnc4cc(C)nn4c3)cc12.Cc1ncc(NC(=O)[C@@H]2C[C@@H](F)CN2)nc1Br.Cl.S.S=S. The minimum Gasteiger partial charge on any atom is -0.480 e. The van der Waals surface area contributed by atoms with Crippen LogP contribution >= 0.6 is 57.8 Å². The van der Waals surface area contributed by atoms with Crippen molar-refractivity contribution in [3.63, 3.8) is 0 Å². The number of nitrogens with one attached hydrogen (secondary N) is 3. The Bertz CT molecular complexity index is 4360. The third-order valence-corrected chi connectivity index (χ3v) is 15.3. The van der Waals surface area contributed by atoms with Gasteiger partial charge in [-0.3, -0.25) is 48.1 Å². The van der Waals surface area contributed by atoms with Crippen molar-refractivity contribution in [2.24, 2.45) is 0 Å². The van der Waals surface area contributed by atoms with Crippen molar-refractivity contribution < 1.29 is 42.7 Å². The maximum Gasteiger partial charge on any atom is 0.325 e. The Labute approximate surface area is 552 Å². The van der Waals surface area contributed by atoms with Crippen molar-refractivity contribution in [1.29, 1.82) is 0 Å². The van der Waals surface area contributed by atoms with E-state index in [9.17, 15) is 37.5 Å². The van der Waals surface area contributed by atoms with Crippen LogP contribution in [0.2, 0.25) is 0 Å². The summed E-state index contributed by atoms with van der Waals surface area (Å²) >= 11 is 13.8. The van der Waals surface area contributed by atoms with Crippen LogP contribution in [0.15, 0.2) is 94.9 Å². The van der Waals surface area contributed by atoms with Gasteiger partial charge in [-0.25, -0.2) is 37.7 Å². The number of nitrogens with zero attached hydrogens (tertiary/aromatic N) is 15. The van der Waals surface area contributed by atoms with Gasteiger partial charge in [0.05, 0.1) is 58.8 Å². The first-order chi connectivity index (χ1) is 41.5. The van der Waals surface area contributed by atoms with Gasteiger partial charge in [-0.05, 0) is 94.9 Å². The number of carboxylic acid groups (broad SMARTS) is 1. The number of carboxylic acids is 1. The summed E-state index contributed by atoms with van der Waals surface area (Å²) in [6, 6.07) is 13.1. The molecular weight excluding hydrogens is 1380 g/mol. The van der Waals surface area contributed by atoms with E-state index in [0.29, 0.717) is 42.5 Å². The number of carbonyl (C=O) groups is 6. The number of hydrogen-bond donors (Lipinski definition) is 4. The molecule has 8 aromatic heterocycles. The number of likely N-dealkylation sites (tertiary alicyclic amines) is 1. The zero-order valence-electron chi connectivity index (χ0n) is 48.0. The Morgan fingerprint density at radius 2 is 1.11 bits per heavy atom.